The molecule has 1 aliphatic heterocycles. The van der Waals surface area contributed by atoms with E-state index < -0.39 is 17.5 Å². The summed E-state index contributed by atoms with van der Waals surface area (Å²) in [4.78, 5) is 16.1. The largest absolute Gasteiger partial charge is 0.396 e. The van der Waals surface area contributed by atoms with Crippen LogP contribution in [-0.2, 0) is 4.74 Å². The highest BCUT2D eigenvalue weighted by Crippen LogP contribution is 2.26. The zero-order chi connectivity index (χ0) is 17.7. The third-order valence-electron chi connectivity index (χ3n) is 4.48. The minimum absolute atomic E-state index is 0.0435. The van der Waals surface area contributed by atoms with Crippen molar-refractivity contribution in [1.82, 2.24) is 9.80 Å². The molecule has 1 fully saturated rings. The van der Waals surface area contributed by atoms with Crippen LogP contribution in [-0.4, -0.2) is 74.4 Å². The van der Waals surface area contributed by atoms with Gasteiger partial charge in [-0.25, -0.2) is 8.78 Å². The molecule has 1 aromatic rings. The number of amides is 1. The van der Waals surface area contributed by atoms with Crippen LogP contribution in [0.5, 0.6) is 0 Å². The minimum atomic E-state index is -0.734. The Kier molecular flexibility index (Phi) is 6.65. The van der Waals surface area contributed by atoms with Crippen molar-refractivity contribution < 1.29 is 23.4 Å². The van der Waals surface area contributed by atoms with Crippen LogP contribution in [0.1, 0.15) is 10.4 Å². The fourth-order valence-electron chi connectivity index (χ4n) is 3.09. The van der Waals surface area contributed by atoms with Crippen LogP contribution < -0.4 is 0 Å². The predicted octanol–water partition coefficient (Wildman–Crippen LogP) is 1.22. The van der Waals surface area contributed by atoms with Gasteiger partial charge in [0.15, 0.2) is 0 Å². The summed E-state index contributed by atoms with van der Waals surface area (Å²) in [7, 11) is 3.58. The molecule has 0 saturated carbocycles. The number of aliphatic hydroxyl groups is 1. The van der Waals surface area contributed by atoms with Crippen molar-refractivity contribution in [2.24, 2.45) is 11.8 Å². The van der Waals surface area contributed by atoms with Crippen molar-refractivity contribution in [3.63, 3.8) is 0 Å². The van der Waals surface area contributed by atoms with Gasteiger partial charge < -0.3 is 19.6 Å². The van der Waals surface area contributed by atoms with Crippen molar-refractivity contribution in [3.8, 4) is 0 Å². The molecule has 1 aliphatic rings. The summed E-state index contributed by atoms with van der Waals surface area (Å²) < 4.78 is 32.2. The molecule has 2 atom stereocenters. The Bertz CT molecular complexity index is 571. The number of rotatable bonds is 7. The quantitative estimate of drug-likeness (QED) is 0.810. The van der Waals surface area contributed by atoms with Crippen LogP contribution in [0.2, 0.25) is 0 Å². The average molecular weight is 342 g/mol. The van der Waals surface area contributed by atoms with Gasteiger partial charge in [0.25, 0.3) is 5.91 Å². The Labute approximate surface area is 140 Å². The zero-order valence-electron chi connectivity index (χ0n) is 14.0. The number of aliphatic hydroxyl groups excluding tert-OH is 1. The highest BCUT2D eigenvalue weighted by Gasteiger charge is 2.36. The van der Waals surface area contributed by atoms with Gasteiger partial charge >= 0.3 is 0 Å². The van der Waals surface area contributed by atoms with E-state index in [1.54, 1.807) is 7.11 Å². The summed E-state index contributed by atoms with van der Waals surface area (Å²) in [5.74, 6) is -1.91. The SMILES string of the molecule is COCCN(C)CC1CN(C(=O)c2cc(F)ccc2F)CC1CO. The summed E-state index contributed by atoms with van der Waals surface area (Å²) in [6, 6.07) is 2.86. The Morgan fingerprint density at radius 3 is 2.75 bits per heavy atom. The third-order valence-corrected chi connectivity index (χ3v) is 4.48. The molecule has 1 amide bonds. The predicted molar refractivity (Wildman–Crippen MR) is 85.7 cm³/mol. The molecule has 1 N–H and O–H groups in total. The van der Waals surface area contributed by atoms with Crippen LogP contribution in [0.3, 0.4) is 0 Å². The van der Waals surface area contributed by atoms with Gasteiger partial charge in [-0.05, 0) is 31.2 Å². The van der Waals surface area contributed by atoms with Crippen LogP contribution in [0, 0.1) is 23.5 Å². The van der Waals surface area contributed by atoms with Gasteiger partial charge in [0.2, 0.25) is 0 Å². The topological polar surface area (TPSA) is 53.0 Å². The second-order valence-electron chi connectivity index (χ2n) is 6.29. The lowest BCUT2D eigenvalue weighted by Gasteiger charge is -2.23. The van der Waals surface area contributed by atoms with Gasteiger partial charge in [-0.3, -0.25) is 4.79 Å². The number of likely N-dealkylation sites (N-methyl/N-ethyl adjacent to an activating group) is 1. The smallest absolute Gasteiger partial charge is 0.256 e. The Morgan fingerprint density at radius 2 is 2.08 bits per heavy atom. The number of hydrogen-bond donors (Lipinski definition) is 1. The van der Waals surface area contributed by atoms with E-state index in [1.807, 2.05) is 7.05 Å². The molecule has 1 heterocycles. The first-order valence-corrected chi connectivity index (χ1v) is 7.99. The van der Waals surface area contributed by atoms with E-state index in [1.165, 1.54) is 4.90 Å². The maximum absolute atomic E-state index is 13.8. The van der Waals surface area contributed by atoms with Crippen molar-refractivity contribution in [2.75, 3.05) is 53.6 Å². The molecule has 5 nitrogen and oxygen atoms in total. The van der Waals surface area contributed by atoms with E-state index >= 15 is 0 Å². The number of hydrogen-bond acceptors (Lipinski definition) is 4. The first-order valence-electron chi connectivity index (χ1n) is 7.99. The Morgan fingerprint density at radius 1 is 1.38 bits per heavy atom. The lowest BCUT2D eigenvalue weighted by atomic mass is 9.96. The molecule has 24 heavy (non-hydrogen) atoms. The van der Waals surface area contributed by atoms with Crippen LogP contribution in [0.15, 0.2) is 18.2 Å². The number of carbonyl (C=O) groups excluding carboxylic acids is 1. The monoisotopic (exact) mass is 342 g/mol. The lowest BCUT2D eigenvalue weighted by Crippen LogP contribution is -2.34. The number of ether oxygens (including phenoxy) is 1. The summed E-state index contributed by atoms with van der Waals surface area (Å²) in [6.45, 7) is 2.76. The molecule has 0 bridgehead atoms. The highest BCUT2D eigenvalue weighted by atomic mass is 19.1. The van der Waals surface area contributed by atoms with Crippen LogP contribution >= 0.6 is 0 Å². The summed E-state index contributed by atoms with van der Waals surface area (Å²) in [5.41, 5.74) is -0.264. The fraction of sp³-hybridized carbons (Fsp3) is 0.588. The summed E-state index contributed by atoms with van der Waals surface area (Å²) in [5, 5.41) is 9.58. The second kappa shape index (κ2) is 8.50. The van der Waals surface area contributed by atoms with Gasteiger partial charge in [0.1, 0.15) is 11.6 Å². The maximum Gasteiger partial charge on any atom is 0.256 e. The van der Waals surface area contributed by atoms with Gasteiger partial charge in [-0.15, -0.1) is 0 Å². The molecule has 2 rings (SSSR count). The first kappa shape index (κ1) is 18.8. The van der Waals surface area contributed by atoms with Crippen LogP contribution in [0.4, 0.5) is 8.78 Å². The van der Waals surface area contributed by atoms with Crippen molar-refractivity contribution in [1.29, 1.82) is 0 Å². The molecule has 2 unspecified atom stereocenters. The Balaban J connectivity index is 2.04. The van der Waals surface area contributed by atoms with Gasteiger partial charge in [0, 0.05) is 45.8 Å². The number of halogens is 2. The van der Waals surface area contributed by atoms with Crippen LogP contribution in [0.25, 0.3) is 0 Å². The number of methoxy groups -OCH3 is 1. The molecule has 134 valence electrons. The van der Waals surface area contributed by atoms with E-state index in [2.05, 4.69) is 4.90 Å². The summed E-state index contributed by atoms with van der Waals surface area (Å²) >= 11 is 0. The minimum Gasteiger partial charge on any atom is -0.396 e. The average Bonchev–Trinajstić information content (AvgIpc) is 2.97. The van der Waals surface area contributed by atoms with E-state index in [0.717, 1.165) is 24.7 Å². The normalized spacial score (nSPS) is 20.8. The number of carbonyl (C=O) groups is 1. The first-order chi connectivity index (χ1) is 11.5. The molecule has 0 aliphatic carbocycles. The molecule has 1 saturated heterocycles. The van der Waals surface area contributed by atoms with Crippen molar-refractivity contribution >= 4 is 5.91 Å². The van der Waals surface area contributed by atoms with E-state index in [0.29, 0.717) is 26.2 Å². The molecule has 1 aromatic carbocycles. The third kappa shape index (κ3) is 4.49. The summed E-state index contributed by atoms with van der Waals surface area (Å²) in [6.07, 6.45) is 0. The van der Waals surface area contributed by atoms with E-state index in [-0.39, 0.29) is 24.0 Å². The molecule has 7 heteroatoms. The highest BCUT2D eigenvalue weighted by molar-refractivity contribution is 5.94. The standard InChI is InChI=1S/C17H24F2N2O3/c1-20(5-6-24-2)8-12-9-21(10-13(12)11-22)17(23)15-7-14(18)3-4-16(15)19/h3-4,7,12-13,22H,5-6,8-11H2,1-2H3. The molecular weight excluding hydrogens is 318 g/mol. The van der Waals surface area contributed by atoms with Gasteiger partial charge in [0.05, 0.1) is 12.2 Å². The van der Waals surface area contributed by atoms with Crippen molar-refractivity contribution in [3.05, 3.63) is 35.4 Å². The second-order valence-corrected chi connectivity index (χ2v) is 6.29. The zero-order valence-corrected chi connectivity index (χ0v) is 14.0. The van der Waals surface area contributed by atoms with Gasteiger partial charge in [-0.2, -0.15) is 0 Å². The molecular formula is C17H24F2N2O3. The van der Waals surface area contributed by atoms with Gasteiger partial charge in [-0.1, -0.05) is 0 Å². The van der Waals surface area contributed by atoms with E-state index in [4.69, 9.17) is 4.74 Å². The number of likely N-dealkylation sites (tertiary alicyclic amines) is 1. The lowest BCUT2D eigenvalue weighted by molar-refractivity contribution is 0.0773. The maximum atomic E-state index is 13.8. The molecule has 0 aromatic heterocycles. The van der Waals surface area contributed by atoms with E-state index in [9.17, 15) is 18.7 Å². The van der Waals surface area contributed by atoms with Crippen molar-refractivity contribution in [2.45, 2.75) is 0 Å². The molecule has 0 spiro atoms. The molecule has 0 radical (unpaired) electrons. The number of nitrogens with zero attached hydrogens (tertiary/aromatic N) is 2. The number of benzene rings is 1. The fourth-order valence-corrected chi connectivity index (χ4v) is 3.09. The Hall–Kier alpha value is -1.57.